The Labute approximate surface area is 97.6 Å². The highest BCUT2D eigenvalue weighted by molar-refractivity contribution is 6.00. The van der Waals surface area contributed by atoms with Crippen molar-refractivity contribution in [1.82, 2.24) is 4.90 Å². The molecule has 0 aliphatic rings. The van der Waals surface area contributed by atoms with Gasteiger partial charge in [0.25, 0.3) is 5.91 Å². The molecule has 1 unspecified atom stereocenters. The van der Waals surface area contributed by atoms with Crippen molar-refractivity contribution in [3.63, 3.8) is 0 Å². The Kier molecular flexibility index (Phi) is 4.17. The van der Waals surface area contributed by atoms with E-state index in [0.29, 0.717) is 5.56 Å². The summed E-state index contributed by atoms with van der Waals surface area (Å²) >= 11 is 0. The molecule has 0 aliphatic carbocycles. The minimum Gasteiger partial charge on any atom is -0.480 e. The minimum atomic E-state index is -1.59. The van der Waals surface area contributed by atoms with Gasteiger partial charge < -0.3 is 15.7 Å². The van der Waals surface area contributed by atoms with Gasteiger partial charge in [0.05, 0.1) is 0 Å². The van der Waals surface area contributed by atoms with E-state index in [9.17, 15) is 14.0 Å². The van der Waals surface area contributed by atoms with Gasteiger partial charge >= 0.3 is 5.97 Å². The Morgan fingerprint density at radius 2 is 2.18 bits per heavy atom. The van der Waals surface area contributed by atoms with E-state index in [0.717, 1.165) is 4.90 Å². The molecule has 6 heteroatoms. The molecular formula is C11H13FN2O3. The first-order chi connectivity index (χ1) is 7.91. The average molecular weight is 240 g/mol. The maximum Gasteiger partial charge on any atom is 0.330 e. The molecule has 1 aromatic carbocycles. The molecule has 0 fully saturated rings. The van der Waals surface area contributed by atoms with Crippen LogP contribution in [-0.4, -0.2) is 35.0 Å². The van der Waals surface area contributed by atoms with Crippen LogP contribution in [0.2, 0.25) is 0 Å². The van der Waals surface area contributed by atoms with Crippen molar-refractivity contribution in [2.45, 2.75) is 12.6 Å². The van der Waals surface area contributed by atoms with E-state index in [1.165, 1.54) is 25.2 Å². The molecule has 0 saturated carbocycles. The van der Waals surface area contributed by atoms with Crippen molar-refractivity contribution in [3.05, 3.63) is 35.6 Å². The summed E-state index contributed by atoms with van der Waals surface area (Å²) in [6.07, 6.45) is 0. The van der Waals surface area contributed by atoms with Crippen molar-refractivity contribution in [1.29, 1.82) is 0 Å². The molecule has 0 aliphatic heterocycles. The summed E-state index contributed by atoms with van der Waals surface area (Å²) in [7, 11) is 1.41. The maximum atomic E-state index is 12.9. The number of rotatable bonds is 4. The van der Waals surface area contributed by atoms with E-state index in [1.54, 1.807) is 6.07 Å². The summed E-state index contributed by atoms with van der Waals surface area (Å²) in [6.45, 7) is 0.109. The van der Waals surface area contributed by atoms with Gasteiger partial charge in [-0.25, -0.2) is 9.18 Å². The van der Waals surface area contributed by atoms with Gasteiger partial charge in [-0.2, -0.15) is 0 Å². The molecule has 0 aromatic heterocycles. The van der Waals surface area contributed by atoms with Crippen molar-refractivity contribution >= 4 is 11.9 Å². The molecule has 92 valence electrons. The third-order valence-corrected chi connectivity index (χ3v) is 2.22. The number of likely N-dealkylation sites (N-methyl/N-ethyl adjacent to an activating group) is 1. The Morgan fingerprint density at radius 3 is 2.71 bits per heavy atom. The minimum absolute atomic E-state index is 0.109. The standard InChI is InChI=1S/C11H13FN2O3/c1-14(10(15)9(13)11(16)17)6-7-3-2-4-8(12)5-7/h2-5,9H,6,13H2,1H3,(H,16,17). The number of halogens is 1. The smallest absolute Gasteiger partial charge is 0.330 e. The van der Waals surface area contributed by atoms with E-state index in [4.69, 9.17) is 10.8 Å². The van der Waals surface area contributed by atoms with E-state index in [-0.39, 0.29) is 6.54 Å². The highest BCUT2D eigenvalue weighted by Gasteiger charge is 2.24. The van der Waals surface area contributed by atoms with Gasteiger partial charge in [-0.05, 0) is 17.7 Å². The average Bonchev–Trinajstić information content (AvgIpc) is 2.26. The molecule has 0 spiro atoms. The number of hydrogen-bond acceptors (Lipinski definition) is 3. The molecule has 0 bridgehead atoms. The van der Waals surface area contributed by atoms with Gasteiger partial charge in [0.15, 0.2) is 6.04 Å². The van der Waals surface area contributed by atoms with Gasteiger partial charge in [-0.1, -0.05) is 12.1 Å². The van der Waals surface area contributed by atoms with E-state index in [2.05, 4.69) is 0 Å². The highest BCUT2D eigenvalue weighted by Crippen LogP contribution is 2.06. The normalized spacial score (nSPS) is 11.9. The van der Waals surface area contributed by atoms with Crippen LogP contribution in [0.3, 0.4) is 0 Å². The molecule has 0 saturated heterocycles. The van der Waals surface area contributed by atoms with Crippen LogP contribution < -0.4 is 5.73 Å². The Bertz CT molecular complexity index is 436. The van der Waals surface area contributed by atoms with Crippen LogP contribution >= 0.6 is 0 Å². The van der Waals surface area contributed by atoms with Crippen LogP contribution in [0.1, 0.15) is 5.56 Å². The number of carbonyl (C=O) groups is 2. The first-order valence-corrected chi connectivity index (χ1v) is 4.89. The van der Waals surface area contributed by atoms with Gasteiger partial charge in [-0.15, -0.1) is 0 Å². The lowest BCUT2D eigenvalue weighted by atomic mass is 10.2. The van der Waals surface area contributed by atoms with Crippen LogP contribution in [0.25, 0.3) is 0 Å². The molecule has 5 nitrogen and oxygen atoms in total. The van der Waals surface area contributed by atoms with Crippen molar-refractivity contribution < 1.29 is 19.1 Å². The fraction of sp³-hybridized carbons (Fsp3) is 0.273. The number of nitrogens with two attached hydrogens (primary N) is 1. The number of aliphatic carboxylic acids is 1. The number of amides is 1. The molecule has 1 amide bonds. The molecule has 1 atom stereocenters. The van der Waals surface area contributed by atoms with Crippen LogP contribution in [0.5, 0.6) is 0 Å². The number of carboxylic acid groups (broad SMARTS) is 1. The SMILES string of the molecule is CN(Cc1cccc(F)c1)C(=O)C(N)C(=O)O. The highest BCUT2D eigenvalue weighted by atomic mass is 19.1. The third-order valence-electron chi connectivity index (χ3n) is 2.22. The number of carboxylic acids is 1. The first-order valence-electron chi connectivity index (χ1n) is 4.89. The number of hydrogen-bond donors (Lipinski definition) is 2. The van der Waals surface area contributed by atoms with Gasteiger partial charge in [-0.3, -0.25) is 4.79 Å². The Hall–Kier alpha value is -1.95. The summed E-state index contributed by atoms with van der Waals surface area (Å²) in [6, 6.07) is 4.12. The lowest BCUT2D eigenvalue weighted by molar-refractivity contribution is -0.146. The number of nitrogens with zero attached hydrogens (tertiary/aromatic N) is 1. The fourth-order valence-corrected chi connectivity index (χ4v) is 1.33. The largest absolute Gasteiger partial charge is 0.480 e. The molecule has 0 heterocycles. The zero-order chi connectivity index (χ0) is 13.0. The molecular weight excluding hydrogens is 227 g/mol. The van der Waals surface area contributed by atoms with Crippen LogP contribution in [0.15, 0.2) is 24.3 Å². The summed E-state index contributed by atoms with van der Waals surface area (Å²) in [5.74, 6) is -2.52. The molecule has 3 N–H and O–H groups in total. The molecule has 17 heavy (non-hydrogen) atoms. The van der Waals surface area contributed by atoms with Crippen LogP contribution in [0, 0.1) is 5.82 Å². The predicted octanol–water partition coefficient (Wildman–Crippen LogP) is 0.196. The summed E-state index contributed by atoms with van der Waals surface area (Å²) in [4.78, 5) is 23.2. The maximum absolute atomic E-state index is 12.9. The Balaban J connectivity index is 2.69. The van der Waals surface area contributed by atoms with Gasteiger partial charge in [0, 0.05) is 13.6 Å². The number of benzene rings is 1. The lowest BCUT2D eigenvalue weighted by Crippen LogP contribution is -2.46. The van der Waals surface area contributed by atoms with Crippen molar-refractivity contribution in [3.8, 4) is 0 Å². The van der Waals surface area contributed by atoms with Crippen LogP contribution in [0.4, 0.5) is 4.39 Å². The molecule has 1 rings (SSSR count). The van der Waals surface area contributed by atoms with E-state index in [1.807, 2.05) is 0 Å². The zero-order valence-corrected chi connectivity index (χ0v) is 9.26. The van der Waals surface area contributed by atoms with Crippen LogP contribution in [-0.2, 0) is 16.1 Å². The molecule has 0 radical (unpaired) electrons. The van der Waals surface area contributed by atoms with E-state index < -0.39 is 23.7 Å². The van der Waals surface area contributed by atoms with Gasteiger partial charge in [0.2, 0.25) is 0 Å². The lowest BCUT2D eigenvalue weighted by Gasteiger charge is -2.19. The monoisotopic (exact) mass is 240 g/mol. The summed E-state index contributed by atoms with van der Waals surface area (Å²) in [5.41, 5.74) is 5.75. The fourth-order valence-electron chi connectivity index (χ4n) is 1.33. The zero-order valence-electron chi connectivity index (χ0n) is 9.26. The second-order valence-electron chi connectivity index (χ2n) is 3.64. The van der Waals surface area contributed by atoms with E-state index >= 15 is 0 Å². The third kappa shape index (κ3) is 3.53. The quantitative estimate of drug-likeness (QED) is 0.736. The second kappa shape index (κ2) is 5.40. The second-order valence-corrected chi connectivity index (χ2v) is 3.64. The Morgan fingerprint density at radius 1 is 1.53 bits per heavy atom. The summed E-state index contributed by atoms with van der Waals surface area (Å²) in [5, 5.41) is 8.58. The molecule has 1 aromatic rings. The van der Waals surface area contributed by atoms with Crippen molar-refractivity contribution in [2.75, 3.05) is 7.05 Å². The summed E-state index contributed by atoms with van der Waals surface area (Å²) < 4.78 is 12.9. The van der Waals surface area contributed by atoms with Gasteiger partial charge in [0.1, 0.15) is 5.82 Å². The topological polar surface area (TPSA) is 83.6 Å². The first kappa shape index (κ1) is 13.1. The predicted molar refractivity (Wildman–Crippen MR) is 58.5 cm³/mol. The van der Waals surface area contributed by atoms with Crippen molar-refractivity contribution in [2.24, 2.45) is 5.73 Å². The number of carbonyl (C=O) groups excluding carboxylic acids is 1.